The van der Waals surface area contributed by atoms with E-state index in [2.05, 4.69) is 10.3 Å². The highest BCUT2D eigenvalue weighted by atomic mass is 16.1. The molecular formula is C22H22N6O. The summed E-state index contributed by atoms with van der Waals surface area (Å²) in [6.45, 7) is 1.94. The van der Waals surface area contributed by atoms with E-state index in [1.807, 2.05) is 61.1 Å². The lowest BCUT2D eigenvalue weighted by atomic mass is 10.0. The van der Waals surface area contributed by atoms with Crippen molar-refractivity contribution in [1.82, 2.24) is 19.5 Å². The Balaban J connectivity index is 1.71. The van der Waals surface area contributed by atoms with E-state index in [1.165, 1.54) is 4.68 Å². The van der Waals surface area contributed by atoms with E-state index in [0.717, 1.165) is 27.6 Å². The number of nitrogen functional groups attached to an aromatic ring is 1. The number of fused-ring (bicyclic) bond motifs is 1. The van der Waals surface area contributed by atoms with Crippen LogP contribution in [0.4, 0.5) is 0 Å². The summed E-state index contributed by atoms with van der Waals surface area (Å²) in [5, 5.41) is 11.8. The van der Waals surface area contributed by atoms with E-state index in [9.17, 15) is 4.79 Å². The number of carbonyl (C=O) groups is 1. The molecule has 1 aromatic carbocycles. The minimum absolute atomic E-state index is 0.141. The number of hydrogen-bond acceptors (Lipinski definition) is 4. The molecule has 3 aromatic heterocycles. The number of rotatable bonds is 4. The molecule has 4 rings (SSSR count). The van der Waals surface area contributed by atoms with E-state index in [0.29, 0.717) is 5.56 Å². The third-order valence-corrected chi connectivity index (χ3v) is 5.08. The van der Waals surface area contributed by atoms with Crippen LogP contribution in [0.5, 0.6) is 0 Å². The molecule has 4 N–H and O–H groups in total. The van der Waals surface area contributed by atoms with Gasteiger partial charge in [-0.2, -0.15) is 0 Å². The second-order valence-electron chi connectivity index (χ2n) is 7.08. The highest BCUT2D eigenvalue weighted by molar-refractivity contribution is 6.08. The predicted octanol–water partition coefficient (Wildman–Crippen LogP) is 2.73. The van der Waals surface area contributed by atoms with Gasteiger partial charge in [-0.25, -0.2) is 0 Å². The molecule has 1 atom stereocenters. The SMILES string of the molecule is CC(NC(=O)c1cn(C)c2ccc(-c3ccn(N)c(=N)c3)cc12)c1cccnc1. The molecule has 0 saturated carbocycles. The average Bonchev–Trinajstić information content (AvgIpc) is 3.07. The van der Waals surface area contributed by atoms with Gasteiger partial charge in [0, 0.05) is 42.7 Å². The number of hydrogen-bond donors (Lipinski definition) is 3. The van der Waals surface area contributed by atoms with E-state index in [1.54, 1.807) is 24.7 Å². The van der Waals surface area contributed by atoms with Gasteiger partial charge in [0.25, 0.3) is 5.91 Å². The fourth-order valence-electron chi connectivity index (χ4n) is 3.43. The van der Waals surface area contributed by atoms with Crippen LogP contribution in [0.2, 0.25) is 0 Å². The average molecular weight is 386 g/mol. The fourth-order valence-corrected chi connectivity index (χ4v) is 3.43. The lowest BCUT2D eigenvalue weighted by molar-refractivity contribution is 0.0941. The first-order chi connectivity index (χ1) is 13.9. The highest BCUT2D eigenvalue weighted by Gasteiger charge is 2.17. The third-order valence-electron chi connectivity index (χ3n) is 5.08. The third kappa shape index (κ3) is 3.50. The molecule has 29 heavy (non-hydrogen) atoms. The first-order valence-corrected chi connectivity index (χ1v) is 9.26. The molecule has 0 bridgehead atoms. The smallest absolute Gasteiger partial charge is 0.253 e. The predicted molar refractivity (Wildman–Crippen MR) is 112 cm³/mol. The van der Waals surface area contributed by atoms with Gasteiger partial charge in [0.1, 0.15) is 5.49 Å². The van der Waals surface area contributed by atoms with Crippen LogP contribution in [0.3, 0.4) is 0 Å². The van der Waals surface area contributed by atoms with Crippen LogP contribution in [-0.2, 0) is 7.05 Å². The normalized spacial score (nSPS) is 12.1. The number of nitrogens with two attached hydrogens (primary N) is 1. The Bertz CT molecular complexity index is 1260. The molecule has 0 spiro atoms. The summed E-state index contributed by atoms with van der Waals surface area (Å²) in [6.07, 6.45) is 6.95. The number of aromatic nitrogens is 3. The number of nitrogens with zero attached hydrogens (tertiary/aromatic N) is 3. The van der Waals surface area contributed by atoms with Crippen molar-refractivity contribution in [2.45, 2.75) is 13.0 Å². The van der Waals surface area contributed by atoms with Crippen molar-refractivity contribution in [3.63, 3.8) is 0 Å². The van der Waals surface area contributed by atoms with E-state index in [-0.39, 0.29) is 17.4 Å². The van der Waals surface area contributed by atoms with Gasteiger partial charge in [-0.3, -0.25) is 19.9 Å². The van der Waals surface area contributed by atoms with Crippen LogP contribution in [0.25, 0.3) is 22.0 Å². The summed E-state index contributed by atoms with van der Waals surface area (Å²) < 4.78 is 3.20. The zero-order valence-electron chi connectivity index (χ0n) is 16.3. The van der Waals surface area contributed by atoms with Crippen LogP contribution in [0.1, 0.15) is 28.9 Å². The largest absolute Gasteiger partial charge is 0.350 e. The highest BCUT2D eigenvalue weighted by Crippen LogP contribution is 2.27. The molecule has 7 heteroatoms. The lowest BCUT2D eigenvalue weighted by Crippen LogP contribution is -2.26. The molecule has 7 nitrogen and oxygen atoms in total. The van der Waals surface area contributed by atoms with Gasteiger partial charge in [-0.15, -0.1) is 0 Å². The fraction of sp³-hybridized carbons (Fsp3) is 0.136. The molecule has 0 radical (unpaired) electrons. The van der Waals surface area contributed by atoms with Crippen molar-refractivity contribution in [3.05, 3.63) is 83.9 Å². The summed E-state index contributed by atoms with van der Waals surface area (Å²) in [4.78, 5) is 17.1. The maximum absolute atomic E-state index is 13.0. The van der Waals surface area contributed by atoms with Crippen molar-refractivity contribution < 1.29 is 4.79 Å². The number of carbonyl (C=O) groups excluding carboxylic acids is 1. The van der Waals surface area contributed by atoms with Gasteiger partial charge in [0.05, 0.1) is 11.6 Å². The van der Waals surface area contributed by atoms with Crippen molar-refractivity contribution in [3.8, 4) is 11.1 Å². The zero-order valence-corrected chi connectivity index (χ0v) is 16.3. The molecule has 4 aromatic rings. The first kappa shape index (κ1) is 18.5. The Hall–Kier alpha value is -3.87. The lowest BCUT2D eigenvalue weighted by Gasteiger charge is -2.13. The number of nitrogens with one attached hydrogen (secondary N) is 2. The maximum atomic E-state index is 13.0. The Morgan fingerprint density at radius 1 is 1.21 bits per heavy atom. The minimum atomic E-state index is -0.158. The van der Waals surface area contributed by atoms with Crippen LogP contribution >= 0.6 is 0 Å². The monoisotopic (exact) mass is 386 g/mol. The summed E-state index contributed by atoms with van der Waals surface area (Å²) in [6, 6.07) is 13.1. The summed E-state index contributed by atoms with van der Waals surface area (Å²) in [5.74, 6) is 5.55. The Morgan fingerprint density at radius 2 is 2.00 bits per heavy atom. The van der Waals surface area contributed by atoms with E-state index < -0.39 is 0 Å². The molecule has 0 aliphatic heterocycles. The number of aryl methyl sites for hydroxylation is 1. The van der Waals surface area contributed by atoms with E-state index in [4.69, 9.17) is 11.3 Å². The van der Waals surface area contributed by atoms with Gasteiger partial charge in [-0.05, 0) is 53.9 Å². The molecule has 0 fully saturated rings. The summed E-state index contributed by atoms with van der Waals surface area (Å²) in [7, 11) is 1.92. The van der Waals surface area contributed by atoms with Crippen LogP contribution < -0.4 is 16.6 Å². The van der Waals surface area contributed by atoms with Gasteiger partial charge in [0.2, 0.25) is 0 Å². The van der Waals surface area contributed by atoms with Gasteiger partial charge in [0.15, 0.2) is 0 Å². The Morgan fingerprint density at radius 3 is 2.72 bits per heavy atom. The van der Waals surface area contributed by atoms with Crippen LogP contribution in [-0.4, -0.2) is 20.1 Å². The quantitative estimate of drug-likeness (QED) is 0.470. The molecule has 1 amide bonds. The van der Waals surface area contributed by atoms with E-state index >= 15 is 0 Å². The van der Waals surface area contributed by atoms with Gasteiger partial charge >= 0.3 is 0 Å². The topological polar surface area (TPSA) is 102 Å². The van der Waals surface area contributed by atoms with Crippen molar-refractivity contribution in [1.29, 1.82) is 5.41 Å². The van der Waals surface area contributed by atoms with Crippen molar-refractivity contribution in [2.24, 2.45) is 7.05 Å². The first-order valence-electron chi connectivity index (χ1n) is 9.26. The molecular weight excluding hydrogens is 364 g/mol. The minimum Gasteiger partial charge on any atom is -0.350 e. The number of benzene rings is 1. The van der Waals surface area contributed by atoms with Crippen molar-refractivity contribution >= 4 is 16.8 Å². The molecule has 0 saturated heterocycles. The second kappa shape index (κ2) is 7.27. The molecule has 146 valence electrons. The second-order valence-corrected chi connectivity index (χ2v) is 7.08. The Labute approximate surface area is 167 Å². The van der Waals surface area contributed by atoms with Crippen LogP contribution in [0, 0.1) is 5.41 Å². The standard InChI is InChI=1S/C22H22N6O/c1-14(17-4-3-8-25-12-17)26-22(29)19-13-27(2)20-6-5-15(10-18(19)20)16-7-9-28(24)21(23)11-16/h3-14,23H,24H2,1-2H3,(H,26,29). The molecule has 1 unspecified atom stereocenters. The molecule has 3 heterocycles. The molecule has 0 aliphatic carbocycles. The summed E-state index contributed by atoms with van der Waals surface area (Å²) in [5.41, 5.74) is 4.52. The molecule has 0 aliphatic rings. The van der Waals surface area contributed by atoms with Gasteiger partial charge in [-0.1, -0.05) is 12.1 Å². The number of amides is 1. The van der Waals surface area contributed by atoms with Crippen molar-refractivity contribution in [2.75, 3.05) is 5.84 Å². The van der Waals surface area contributed by atoms with Gasteiger partial charge < -0.3 is 15.7 Å². The maximum Gasteiger partial charge on any atom is 0.253 e. The van der Waals surface area contributed by atoms with Crippen LogP contribution in [0.15, 0.2) is 67.3 Å². The number of pyridine rings is 2. The zero-order chi connectivity index (χ0) is 20.5. The summed E-state index contributed by atoms with van der Waals surface area (Å²) >= 11 is 0. The Kier molecular flexibility index (Phi) is 4.64.